The molecule has 2 N–H and O–H groups in total. The summed E-state index contributed by atoms with van der Waals surface area (Å²) >= 11 is 0. The van der Waals surface area contributed by atoms with E-state index in [9.17, 15) is 0 Å². The fourth-order valence-corrected chi connectivity index (χ4v) is 3.06. The van der Waals surface area contributed by atoms with E-state index in [0.717, 1.165) is 56.4 Å². The first kappa shape index (κ1) is 25.2. The second-order valence-electron chi connectivity index (χ2n) is 7.02. The van der Waals surface area contributed by atoms with Crippen molar-refractivity contribution in [2.24, 2.45) is 4.99 Å². The Bertz CT molecular complexity index is 500. The molecule has 0 spiro atoms. The minimum Gasteiger partial charge on any atom is -0.361 e. The molecule has 0 amide bonds. The zero-order chi connectivity index (χ0) is 18.8. The quantitative estimate of drug-likeness (QED) is 0.233. The van der Waals surface area contributed by atoms with Crippen molar-refractivity contribution < 1.29 is 4.52 Å². The zero-order valence-corrected chi connectivity index (χ0v) is 19.9. The van der Waals surface area contributed by atoms with Gasteiger partial charge in [0.15, 0.2) is 5.96 Å². The topological polar surface area (TPSA) is 65.7 Å². The van der Waals surface area contributed by atoms with Gasteiger partial charge >= 0.3 is 0 Å². The lowest BCUT2D eigenvalue weighted by Crippen LogP contribution is -2.39. The maximum atomic E-state index is 5.21. The van der Waals surface area contributed by atoms with Gasteiger partial charge in [0, 0.05) is 43.8 Å². The van der Waals surface area contributed by atoms with E-state index < -0.39 is 0 Å². The third-order valence-electron chi connectivity index (χ3n) is 4.36. The molecule has 0 saturated carbocycles. The summed E-state index contributed by atoms with van der Waals surface area (Å²) in [6.07, 6.45) is 1.96. The molecule has 0 saturated heterocycles. The molecule has 1 aromatic rings. The van der Waals surface area contributed by atoms with Crippen LogP contribution in [0.2, 0.25) is 0 Å². The van der Waals surface area contributed by atoms with Crippen molar-refractivity contribution in [3.63, 3.8) is 0 Å². The molecule has 26 heavy (non-hydrogen) atoms. The molecule has 7 heteroatoms. The fraction of sp³-hybridized carbons (Fsp3) is 0.789. The summed E-state index contributed by atoms with van der Waals surface area (Å²) in [5.74, 6) is 1.79. The number of aliphatic imine (C=N–C) groups is 1. The van der Waals surface area contributed by atoms with Gasteiger partial charge in [0.25, 0.3) is 0 Å². The Morgan fingerprint density at radius 1 is 1.15 bits per heavy atom. The molecule has 0 atom stereocenters. The van der Waals surface area contributed by atoms with Crippen LogP contribution < -0.4 is 10.6 Å². The van der Waals surface area contributed by atoms with E-state index in [4.69, 9.17) is 9.52 Å². The molecule has 1 rings (SSSR count). The van der Waals surface area contributed by atoms with Crippen LogP contribution in [0.15, 0.2) is 9.52 Å². The van der Waals surface area contributed by atoms with Crippen LogP contribution in [0.4, 0.5) is 0 Å². The van der Waals surface area contributed by atoms with E-state index in [0.29, 0.717) is 12.1 Å². The van der Waals surface area contributed by atoms with Gasteiger partial charge < -0.3 is 15.2 Å². The van der Waals surface area contributed by atoms with E-state index in [2.05, 4.69) is 55.3 Å². The molecular weight excluding hydrogens is 441 g/mol. The SMILES string of the molecule is CCNC(=NCCCN(C(C)C)C(C)C)NCCc1c(C)noc1C.I. The van der Waals surface area contributed by atoms with Gasteiger partial charge in [0.2, 0.25) is 0 Å². The van der Waals surface area contributed by atoms with Crippen LogP contribution in [0.25, 0.3) is 0 Å². The molecule has 0 aliphatic carbocycles. The number of nitrogens with zero attached hydrogens (tertiary/aromatic N) is 3. The van der Waals surface area contributed by atoms with Crippen molar-refractivity contribution in [2.75, 3.05) is 26.2 Å². The third-order valence-corrected chi connectivity index (χ3v) is 4.36. The van der Waals surface area contributed by atoms with Crippen molar-refractivity contribution in [3.05, 3.63) is 17.0 Å². The van der Waals surface area contributed by atoms with E-state index in [1.807, 2.05) is 13.8 Å². The fourth-order valence-electron chi connectivity index (χ4n) is 3.06. The number of halogens is 1. The molecule has 152 valence electrons. The van der Waals surface area contributed by atoms with Gasteiger partial charge in [-0.1, -0.05) is 5.16 Å². The van der Waals surface area contributed by atoms with E-state index in [1.165, 1.54) is 5.56 Å². The first-order valence-electron chi connectivity index (χ1n) is 9.56. The van der Waals surface area contributed by atoms with Gasteiger partial charge in [0.05, 0.1) is 5.69 Å². The number of rotatable bonds is 10. The van der Waals surface area contributed by atoms with E-state index in [1.54, 1.807) is 0 Å². The van der Waals surface area contributed by atoms with Crippen LogP contribution in [0.5, 0.6) is 0 Å². The molecular formula is C19H38IN5O. The largest absolute Gasteiger partial charge is 0.361 e. The monoisotopic (exact) mass is 479 g/mol. The summed E-state index contributed by atoms with van der Waals surface area (Å²) in [5.41, 5.74) is 2.16. The standard InChI is InChI=1S/C19H37N5O.HI/c1-8-20-19(21-11-9-13-24(14(2)3)15(4)5)22-12-10-18-16(6)23-25-17(18)7;/h14-15H,8-13H2,1-7H3,(H2,20,21,22);1H. The van der Waals surface area contributed by atoms with Gasteiger partial charge in [-0.2, -0.15) is 0 Å². The van der Waals surface area contributed by atoms with Crippen molar-refractivity contribution in [1.29, 1.82) is 0 Å². The van der Waals surface area contributed by atoms with Crippen LogP contribution in [-0.2, 0) is 6.42 Å². The zero-order valence-electron chi connectivity index (χ0n) is 17.6. The lowest BCUT2D eigenvalue weighted by molar-refractivity contribution is 0.174. The Labute approximate surface area is 176 Å². The maximum Gasteiger partial charge on any atom is 0.191 e. The molecule has 0 bridgehead atoms. The summed E-state index contributed by atoms with van der Waals surface area (Å²) < 4.78 is 5.21. The normalized spacial score (nSPS) is 12.0. The predicted molar refractivity (Wildman–Crippen MR) is 121 cm³/mol. The smallest absolute Gasteiger partial charge is 0.191 e. The number of hydrogen-bond donors (Lipinski definition) is 2. The van der Waals surface area contributed by atoms with Crippen LogP contribution in [-0.4, -0.2) is 54.3 Å². The average molecular weight is 479 g/mol. The Morgan fingerprint density at radius 3 is 2.31 bits per heavy atom. The number of aromatic nitrogens is 1. The summed E-state index contributed by atoms with van der Waals surface area (Å²) in [5, 5.41) is 10.7. The average Bonchev–Trinajstić information content (AvgIpc) is 2.85. The molecule has 0 unspecified atom stereocenters. The maximum absolute atomic E-state index is 5.21. The van der Waals surface area contributed by atoms with Crippen molar-refractivity contribution in [1.82, 2.24) is 20.7 Å². The molecule has 6 nitrogen and oxygen atoms in total. The van der Waals surface area contributed by atoms with Crippen LogP contribution in [0.1, 0.15) is 58.1 Å². The number of aryl methyl sites for hydroxylation is 2. The molecule has 1 aromatic heterocycles. The molecule has 0 aliphatic heterocycles. The Kier molecular flexibility index (Phi) is 12.9. The molecule has 0 fully saturated rings. The highest BCUT2D eigenvalue weighted by atomic mass is 127. The first-order valence-corrected chi connectivity index (χ1v) is 9.56. The number of nitrogens with one attached hydrogen (secondary N) is 2. The lowest BCUT2D eigenvalue weighted by Gasteiger charge is -2.30. The van der Waals surface area contributed by atoms with Gasteiger partial charge in [-0.3, -0.25) is 9.89 Å². The predicted octanol–water partition coefficient (Wildman–Crippen LogP) is 3.52. The lowest BCUT2D eigenvalue weighted by atomic mass is 10.1. The van der Waals surface area contributed by atoms with Crippen LogP contribution in [0, 0.1) is 13.8 Å². The first-order chi connectivity index (χ1) is 11.9. The van der Waals surface area contributed by atoms with Crippen molar-refractivity contribution in [3.8, 4) is 0 Å². The minimum absolute atomic E-state index is 0. The highest BCUT2D eigenvalue weighted by molar-refractivity contribution is 14.0. The molecule has 0 aromatic carbocycles. The highest BCUT2D eigenvalue weighted by Crippen LogP contribution is 2.12. The Morgan fingerprint density at radius 2 is 1.81 bits per heavy atom. The minimum atomic E-state index is 0. The highest BCUT2D eigenvalue weighted by Gasteiger charge is 2.12. The van der Waals surface area contributed by atoms with Crippen LogP contribution >= 0.6 is 24.0 Å². The van der Waals surface area contributed by atoms with Crippen LogP contribution in [0.3, 0.4) is 0 Å². The van der Waals surface area contributed by atoms with Gasteiger partial charge in [-0.05, 0) is 61.3 Å². The van der Waals surface area contributed by atoms with Crippen molar-refractivity contribution >= 4 is 29.9 Å². The van der Waals surface area contributed by atoms with E-state index >= 15 is 0 Å². The molecule has 0 aliphatic rings. The van der Waals surface area contributed by atoms with Gasteiger partial charge in [-0.25, -0.2) is 0 Å². The second-order valence-corrected chi connectivity index (χ2v) is 7.02. The third kappa shape index (κ3) is 8.70. The van der Waals surface area contributed by atoms with E-state index in [-0.39, 0.29) is 24.0 Å². The number of hydrogen-bond acceptors (Lipinski definition) is 4. The summed E-state index contributed by atoms with van der Waals surface area (Å²) in [4.78, 5) is 7.20. The molecule has 0 radical (unpaired) electrons. The van der Waals surface area contributed by atoms with Gasteiger partial charge in [0.1, 0.15) is 5.76 Å². The summed E-state index contributed by atoms with van der Waals surface area (Å²) in [7, 11) is 0. The molecule has 1 heterocycles. The second kappa shape index (κ2) is 13.4. The Hall–Kier alpha value is -0.830. The Balaban J connectivity index is 0.00000625. The summed E-state index contributed by atoms with van der Waals surface area (Å²) in [6.45, 7) is 18.6. The number of guanidine groups is 1. The van der Waals surface area contributed by atoms with Gasteiger partial charge in [-0.15, -0.1) is 24.0 Å². The summed E-state index contributed by atoms with van der Waals surface area (Å²) in [6, 6.07) is 1.15. The van der Waals surface area contributed by atoms with Crippen molar-refractivity contribution in [2.45, 2.75) is 73.4 Å².